The molecule has 1 N–H and O–H groups in total. The van der Waals surface area contributed by atoms with E-state index in [9.17, 15) is 9.59 Å². The Morgan fingerprint density at radius 2 is 1.26 bits per heavy atom. The van der Waals surface area contributed by atoms with Gasteiger partial charge in [0, 0.05) is 23.1 Å². The quantitative estimate of drug-likeness (QED) is 0.705. The number of hydrogen-bond acceptors (Lipinski definition) is 2. The van der Waals surface area contributed by atoms with Gasteiger partial charge < -0.3 is 5.32 Å². The van der Waals surface area contributed by atoms with Crippen LogP contribution in [0.25, 0.3) is 0 Å². The highest BCUT2D eigenvalue weighted by atomic mass is 16.1. The average molecular weight is 317 g/mol. The van der Waals surface area contributed by atoms with Crippen LogP contribution in [0.3, 0.4) is 0 Å². The van der Waals surface area contributed by atoms with Crippen LogP contribution in [0, 0.1) is 17.8 Å². The Balaban J connectivity index is 2.87. The van der Waals surface area contributed by atoms with Gasteiger partial charge in [0.05, 0.1) is 0 Å². The van der Waals surface area contributed by atoms with Crippen LogP contribution in [-0.4, -0.2) is 17.7 Å². The van der Waals surface area contributed by atoms with Gasteiger partial charge in [-0.25, -0.2) is 0 Å². The van der Waals surface area contributed by atoms with Crippen molar-refractivity contribution >= 4 is 11.7 Å². The summed E-state index contributed by atoms with van der Waals surface area (Å²) in [7, 11) is 0. The fourth-order valence-electron chi connectivity index (χ4n) is 2.82. The predicted octanol–water partition coefficient (Wildman–Crippen LogP) is 4.72. The van der Waals surface area contributed by atoms with Crippen molar-refractivity contribution in [3.05, 3.63) is 35.4 Å². The summed E-state index contributed by atoms with van der Waals surface area (Å²) in [5.41, 5.74) is 1.30. The number of Topliss-reactive ketones (excluding diaryl/α,β-unsaturated/α-hetero) is 1. The Kier molecular flexibility index (Phi) is 7.47. The van der Waals surface area contributed by atoms with Crippen LogP contribution in [0.5, 0.6) is 0 Å². The monoisotopic (exact) mass is 317 g/mol. The lowest BCUT2D eigenvalue weighted by Crippen LogP contribution is -2.30. The van der Waals surface area contributed by atoms with Crippen molar-refractivity contribution in [3.63, 3.8) is 0 Å². The van der Waals surface area contributed by atoms with E-state index in [0.717, 1.165) is 12.8 Å². The number of carbonyl (C=O) groups is 2. The number of ketones is 1. The van der Waals surface area contributed by atoms with E-state index in [1.807, 2.05) is 13.8 Å². The maximum Gasteiger partial charge on any atom is 0.251 e. The van der Waals surface area contributed by atoms with E-state index in [-0.39, 0.29) is 23.7 Å². The lowest BCUT2D eigenvalue weighted by molar-refractivity contribution is 0.0882. The molecule has 0 saturated carbocycles. The fraction of sp³-hybridized carbons (Fsp3) is 0.600. The number of hydrogen-bond donors (Lipinski definition) is 1. The first-order valence-electron chi connectivity index (χ1n) is 8.65. The molecule has 23 heavy (non-hydrogen) atoms. The molecule has 0 radical (unpaired) electrons. The molecule has 1 rings (SSSR count). The van der Waals surface area contributed by atoms with Gasteiger partial charge in [-0.1, -0.05) is 39.8 Å². The van der Waals surface area contributed by atoms with Gasteiger partial charge in [-0.3, -0.25) is 9.59 Å². The maximum atomic E-state index is 12.8. The van der Waals surface area contributed by atoms with E-state index in [2.05, 4.69) is 33.0 Å². The number of amides is 1. The van der Waals surface area contributed by atoms with Crippen LogP contribution in [0.2, 0.25) is 0 Å². The molecule has 1 aromatic rings. The lowest BCUT2D eigenvalue weighted by Gasteiger charge is -2.20. The van der Waals surface area contributed by atoms with Gasteiger partial charge in [-0.05, 0) is 50.7 Å². The Morgan fingerprint density at radius 3 is 1.65 bits per heavy atom. The van der Waals surface area contributed by atoms with Gasteiger partial charge in [0.2, 0.25) is 0 Å². The van der Waals surface area contributed by atoms with Gasteiger partial charge in [-0.2, -0.15) is 0 Å². The highest BCUT2D eigenvalue weighted by Crippen LogP contribution is 2.24. The zero-order valence-electron chi connectivity index (χ0n) is 15.3. The van der Waals surface area contributed by atoms with Gasteiger partial charge in [-0.15, -0.1) is 0 Å². The van der Waals surface area contributed by atoms with Crippen molar-refractivity contribution < 1.29 is 9.59 Å². The summed E-state index contributed by atoms with van der Waals surface area (Å²) in [4.78, 5) is 24.7. The van der Waals surface area contributed by atoms with Crippen LogP contribution in [0.15, 0.2) is 24.3 Å². The molecule has 0 spiro atoms. The van der Waals surface area contributed by atoms with Crippen molar-refractivity contribution in [2.45, 2.75) is 60.4 Å². The van der Waals surface area contributed by atoms with Crippen LogP contribution in [-0.2, 0) is 0 Å². The second-order valence-electron chi connectivity index (χ2n) is 7.53. The predicted molar refractivity (Wildman–Crippen MR) is 95.8 cm³/mol. The Labute approximate surface area is 140 Å². The maximum absolute atomic E-state index is 12.8. The van der Waals surface area contributed by atoms with E-state index < -0.39 is 0 Å². The summed E-state index contributed by atoms with van der Waals surface area (Å²) < 4.78 is 0. The average Bonchev–Trinajstić information content (AvgIpc) is 2.44. The van der Waals surface area contributed by atoms with Crippen molar-refractivity contribution in [2.24, 2.45) is 17.8 Å². The minimum absolute atomic E-state index is 0.0605. The molecule has 0 fully saturated rings. The molecular formula is C20H31NO2. The van der Waals surface area contributed by atoms with Gasteiger partial charge >= 0.3 is 0 Å². The van der Waals surface area contributed by atoms with Crippen molar-refractivity contribution in [3.8, 4) is 0 Å². The molecule has 1 amide bonds. The third-order valence-electron chi connectivity index (χ3n) is 3.73. The molecule has 0 aliphatic heterocycles. The highest BCUT2D eigenvalue weighted by Gasteiger charge is 2.22. The largest absolute Gasteiger partial charge is 0.350 e. The third kappa shape index (κ3) is 6.55. The summed E-state index contributed by atoms with van der Waals surface area (Å²) in [6.45, 7) is 12.5. The van der Waals surface area contributed by atoms with Crippen molar-refractivity contribution in [1.29, 1.82) is 0 Å². The lowest BCUT2D eigenvalue weighted by atomic mass is 9.84. The molecule has 3 heteroatoms. The first kappa shape index (κ1) is 19.4. The number of carbonyl (C=O) groups excluding carboxylic acids is 2. The molecule has 3 nitrogen and oxygen atoms in total. The van der Waals surface area contributed by atoms with Crippen LogP contribution < -0.4 is 5.32 Å². The minimum atomic E-state index is -0.0973. The first-order valence-corrected chi connectivity index (χ1v) is 8.65. The Bertz CT molecular complexity index is 505. The molecular weight excluding hydrogens is 286 g/mol. The standard InChI is InChI=1S/C20H31NO2/c1-13(2)11-18(12-14(3)4)19(22)16-7-9-17(10-8-16)20(23)21-15(5)6/h7-10,13-15,18H,11-12H2,1-6H3,(H,21,23). The molecule has 0 unspecified atom stereocenters. The minimum Gasteiger partial charge on any atom is -0.350 e. The normalized spacial score (nSPS) is 11.6. The number of benzene rings is 1. The second-order valence-corrected chi connectivity index (χ2v) is 7.53. The van der Waals surface area contributed by atoms with E-state index in [1.165, 1.54) is 0 Å². The summed E-state index contributed by atoms with van der Waals surface area (Å²) in [5.74, 6) is 1.16. The van der Waals surface area contributed by atoms with Crippen LogP contribution in [0.4, 0.5) is 0 Å². The summed E-state index contributed by atoms with van der Waals surface area (Å²) >= 11 is 0. The first-order chi connectivity index (χ1) is 10.7. The summed E-state index contributed by atoms with van der Waals surface area (Å²) in [6.07, 6.45) is 1.82. The van der Waals surface area contributed by atoms with Crippen molar-refractivity contribution in [1.82, 2.24) is 5.32 Å². The molecule has 0 saturated heterocycles. The molecule has 1 aromatic carbocycles. The molecule has 0 aromatic heterocycles. The summed E-state index contributed by atoms with van der Waals surface area (Å²) in [6, 6.07) is 7.15. The number of rotatable bonds is 8. The van der Waals surface area contributed by atoms with E-state index in [0.29, 0.717) is 23.0 Å². The van der Waals surface area contributed by atoms with E-state index in [1.54, 1.807) is 24.3 Å². The smallest absolute Gasteiger partial charge is 0.251 e. The molecule has 128 valence electrons. The molecule has 0 heterocycles. The molecule has 0 aliphatic carbocycles. The van der Waals surface area contributed by atoms with Crippen LogP contribution in [0.1, 0.15) is 75.1 Å². The zero-order chi connectivity index (χ0) is 17.6. The van der Waals surface area contributed by atoms with Crippen molar-refractivity contribution in [2.75, 3.05) is 0 Å². The van der Waals surface area contributed by atoms with Crippen LogP contribution >= 0.6 is 0 Å². The third-order valence-corrected chi connectivity index (χ3v) is 3.73. The zero-order valence-corrected chi connectivity index (χ0v) is 15.3. The topological polar surface area (TPSA) is 46.2 Å². The molecule has 0 bridgehead atoms. The Morgan fingerprint density at radius 1 is 0.826 bits per heavy atom. The van der Waals surface area contributed by atoms with Gasteiger partial charge in [0.1, 0.15) is 0 Å². The van der Waals surface area contributed by atoms with E-state index >= 15 is 0 Å². The Hall–Kier alpha value is -1.64. The number of nitrogens with one attached hydrogen (secondary N) is 1. The molecule has 0 aliphatic rings. The summed E-state index contributed by atoms with van der Waals surface area (Å²) in [5, 5.41) is 2.86. The second kappa shape index (κ2) is 8.85. The van der Waals surface area contributed by atoms with Gasteiger partial charge in [0.15, 0.2) is 5.78 Å². The van der Waals surface area contributed by atoms with Gasteiger partial charge in [0.25, 0.3) is 5.91 Å². The van der Waals surface area contributed by atoms with E-state index in [4.69, 9.17) is 0 Å². The fourth-order valence-corrected chi connectivity index (χ4v) is 2.82. The SMILES string of the molecule is CC(C)CC(CC(C)C)C(=O)c1ccc(C(=O)NC(C)C)cc1. The molecule has 0 atom stereocenters. The highest BCUT2D eigenvalue weighted by molar-refractivity contribution is 6.00.